The number of benzene rings is 1. The maximum atomic E-state index is 10.7. The van der Waals surface area contributed by atoms with Crippen molar-refractivity contribution >= 4 is 36.6 Å². The van der Waals surface area contributed by atoms with Crippen LogP contribution in [0.1, 0.15) is 53.4 Å². The molecule has 8 atom stereocenters. The Hall–Kier alpha value is 0.243. The van der Waals surface area contributed by atoms with Crippen LogP contribution in [0.3, 0.4) is 0 Å². The van der Waals surface area contributed by atoms with E-state index in [1.54, 1.807) is 0 Å². The van der Waals surface area contributed by atoms with Crippen molar-refractivity contribution in [3.63, 3.8) is 0 Å². The maximum Gasteiger partial charge on any atom is 1.00 e. The van der Waals surface area contributed by atoms with Gasteiger partial charge in [0.2, 0.25) is 0 Å². The average molecular weight is 729 g/mol. The Morgan fingerprint density at radius 1 is 0.683 bits per heavy atom. The number of aliphatic hydroxyl groups is 4. The third kappa shape index (κ3) is 10.1. The molecule has 2 heterocycles. The molecule has 0 aromatic heterocycles. The van der Waals surface area contributed by atoms with E-state index in [9.17, 15) is 33.6 Å². The van der Waals surface area contributed by atoms with E-state index in [0.717, 1.165) is 0 Å². The normalized spacial score (nSPS) is 36.0. The summed E-state index contributed by atoms with van der Waals surface area (Å²) < 4.78 is 58.9. The van der Waals surface area contributed by atoms with Gasteiger partial charge in [-0.3, -0.25) is 0 Å². The minimum atomic E-state index is -6.09. The van der Waals surface area contributed by atoms with Gasteiger partial charge in [-0.1, -0.05) is 67.8 Å². The van der Waals surface area contributed by atoms with Crippen molar-refractivity contribution < 1.29 is 66.0 Å². The van der Waals surface area contributed by atoms with Gasteiger partial charge in [-0.25, -0.2) is 8.42 Å². The fraction of sp³-hybridized carbons (Fsp3) is 0.630. The summed E-state index contributed by atoms with van der Waals surface area (Å²) in [4.78, 5) is 0. The molecule has 41 heavy (non-hydrogen) atoms. The second-order valence-corrected chi connectivity index (χ2v) is 17.4. The summed E-state index contributed by atoms with van der Waals surface area (Å²) in [5.74, 6) is 0. The van der Waals surface area contributed by atoms with Gasteiger partial charge in [0.1, 0.15) is 0 Å². The van der Waals surface area contributed by atoms with E-state index < -0.39 is 55.9 Å². The summed E-state index contributed by atoms with van der Waals surface area (Å²) in [5.41, 5.74) is -5.46. The number of hydrogen-bond donors (Lipinski definition) is 4. The molecule has 3 aliphatic rings. The van der Waals surface area contributed by atoms with Crippen LogP contribution in [-0.2, 0) is 29.6 Å². The molecule has 1 aliphatic carbocycles. The zero-order chi connectivity index (χ0) is 30.4. The second-order valence-electron chi connectivity index (χ2n) is 10.2. The van der Waals surface area contributed by atoms with Gasteiger partial charge in [0, 0.05) is 22.6 Å². The first-order valence-corrected chi connectivity index (χ1v) is 17.6. The molecule has 3 fully saturated rings. The molecule has 0 amide bonds. The Kier molecular flexibility index (Phi) is 16.4. The fourth-order valence-electron chi connectivity index (χ4n) is 5.18. The number of aliphatic hydroxyl groups excluding tert-OH is 4. The van der Waals surface area contributed by atoms with Crippen molar-refractivity contribution in [2.75, 3.05) is 0 Å². The molecule has 0 spiro atoms. The molecule has 0 bridgehead atoms. The van der Waals surface area contributed by atoms with Crippen LogP contribution in [0.15, 0.2) is 24.3 Å². The number of rotatable bonds is 2. The Morgan fingerprint density at radius 2 is 0.902 bits per heavy atom. The zero-order valence-electron chi connectivity index (χ0n) is 23.4. The minimum Gasteiger partial charge on any atom is -0.741 e. The number of alkyl halides is 3. The molecule has 235 valence electrons. The molecular weight excluding hydrogens is 688 g/mol. The van der Waals surface area contributed by atoms with Crippen molar-refractivity contribution in [3.05, 3.63) is 49.9 Å². The van der Waals surface area contributed by atoms with E-state index in [2.05, 4.69) is 37.8 Å². The van der Waals surface area contributed by atoms with E-state index in [4.69, 9.17) is 13.0 Å². The molecule has 4 rings (SSSR count). The monoisotopic (exact) mass is 729 g/mol. The number of hydrogen-bond acceptors (Lipinski definition) is 7. The topological polar surface area (TPSA) is 138 Å². The van der Waals surface area contributed by atoms with Crippen LogP contribution in [0.25, 0.3) is 0 Å². The largest absolute Gasteiger partial charge is 1.00 e. The Bertz CT molecular complexity index is 933. The second kappa shape index (κ2) is 17.1. The van der Waals surface area contributed by atoms with Crippen molar-refractivity contribution in [1.29, 1.82) is 0 Å². The van der Waals surface area contributed by atoms with Gasteiger partial charge in [0.25, 0.3) is 0 Å². The maximum absolute atomic E-state index is 10.7. The molecule has 2 saturated heterocycles. The molecular formula is C27H40F3O7P2RuS. The first-order chi connectivity index (χ1) is 18.5. The quantitative estimate of drug-likeness (QED) is 0.159. The minimum absolute atomic E-state index is 0. The third-order valence-electron chi connectivity index (χ3n) is 7.49. The van der Waals surface area contributed by atoms with Gasteiger partial charge < -0.3 is 25.0 Å². The van der Waals surface area contributed by atoms with E-state index in [0.29, 0.717) is 0 Å². The average Bonchev–Trinajstić information content (AvgIpc) is 3.16. The van der Waals surface area contributed by atoms with E-state index in [1.807, 2.05) is 39.8 Å². The van der Waals surface area contributed by atoms with Gasteiger partial charge in [0.15, 0.2) is 10.1 Å². The van der Waals surface area contributed by atoms with Gasteiger partial charge in [-0.2, -0.15) is 13.2 Å². The summed E-state index contributed by atoms with van der Waals surface area (Å²) in [6.07, 6.45) is 11.3. The van der Waals surface area contributed by atoms with Crippen molar-refractivity contribution in [2.24, 2.45) is 0 Å². The molecule has 1 aromatic carbocycles. The molecule has 14 heteroatoms. The van der Waals surface area contributed by atoms with Gasteiger partial charge >= 0.3 is 25.0 Å². The van der Waals surface area contributed by atoms with Crippen LogP contribution in [0, 0.1) is 25.7 Å². The van der Waals surface area contributed by atoms with Crippen molar-refractivity contribution in [3.8, 4) is 0 Å². The molecule has 1 aromatic rings. The Labute approximate surface area is 257 Å². The standard InChI is InChI=1S/C18H28O4P2.C8H12.CHF3O3S.Ru/c1-9-15(19)16(20)10(2)23(9)13-7-5-6-8-14(13)24-11(3)17(21)18(22)12(24)4;1-2-4-6-8-7-5-3-1;2-1(3,4)8(5,6)7;/h5-12,15-22H,1-4H3;1-2,7-8H,3-6H2;(H,5,6,7);/q;;;+1/p-1/t9-,10-,11-,12-,15+,16+,17+,18+;;;/m0.../s1. The summed E-state index contributed by atoms with van der Waals surface area (Å²) in [5, 5.41) is 43.7. The van der Waals surface area contributed by atoms with E-state index in [1.165, 1.54) is 36.3 Å². The van der Waals surface area contributed by atoms with Gasteiger partial charge in [-0.15, -0.1) is 0 Å². The third-order valence-corrected chi connectivity index (χ3v) is 14.9. The summed E-state index contributed by atoms with van der Waals surface area (Å²) in [6.45, 7) is 8.10. The molecule has 5 radical (unpaired) electrons. The summed E-state index contributed by atoms with van der Waals surface area (Å²) in [6, 6.07) is 8.28. The SMILES string of the molecule is C[C@H]1[C@@H](O)[C@H](O)[C@H](C)P1c1ccccc1P1[C@@H](C)[C@@H](O)[C@H](O)[C@@H]1C.O=S(=O)([O-])C(F)(F)F.[CH]1[CH]CC[CH][CH]CC1.[Ru+]. The molecule has 0 unspecified atom stereocenters. The van der Waals surface area contributed by atoms with Crippen LogP contribution in [0.4, 0.5) is 13.2 Å². The smallest absolute Gasteiger partial charge is 0.741 e. The van der Waals surface area contributed by atoms with Crippen LogP contribution in [0.5, 0.6) is 0 Å². The number of halogens is 3. The predicted molar refractivity (Wildman–Crippen MR) is 153 cm³/mol. The molecule has 4 N–H and O–H groups in total. The molecule has 1 saturated carbocycles. The predicted octanol–water partition coefficient (Wildman–Crippen LogP) is 3.35. The summed E-state index contributed by atoms with van der Waals surface area (Å²) in [7, 11) is -7.47. The van der Waals surface area contributed by atoms with Gasteiger partial charge in [0.05, 0.1) is 24.4 Å². The fourth-order valence-corrected chi connectivity index (χ4v) is 12.3. The zero-order valence-corrected chi connectivity index (χ0v) is 27.7. The van der Waals surface area contributed by atoms with Crippen LogP contribution in [-0.4, -0.2) is 86.0 Å². The summed E-state index contributed by atoms with van der Waals surface area (Å²) >= 11 is 0. The first kappa shape index (κ1) is 39.3. The molecule has 2 aliphatic heterocycles. The first-order valence-electron chi connectivity index (χ1n) is 13.2. The van der Waals surface area contributed by atoms with Crippen LogP contribution in [0.2, 0.25) is 0 Å². The van der Waals surface area contributed by atoms with E-state index in [-0.39, 0.29) is 42.1 Å². The Morgan fingerprint density at radius 3 is 1.10 bits per heavy atom. The molecule has 7 nitrogen and oxygen atoms in total. The van der Waals surface area contributed by atoms with Crippen LogP contribution < -0.4 is 10.6 Å². The van der Waals surface area contributed by atoms with E-state index >= 15 is 0 Å². The van der Waals surface area contributed by atoms with Crippen molar-refractivity contribution in [1.82, 2.24) is 0 Å². The Balaban J connectivity index is 0.000000407. The van der Waals surface area contributed by atoms with Crippen LogP contribution >= 0.6 is 15.8 Å². The van der Waals surface area contributed by atoms with Crippen molar-refractivity contribution in [2.45, 2.75) is 106 Å². The van der Waals surface area contributed by atoms with Gasteiger partial charge in [-0.05, 0) is 62.0 Å².